The molecule has 0 saturated heterocycles. The van der Waals surface area contributed by atoms with Gasteiger partial charge in [-0.05, 0) is 43.9 Å². The van der Waals surface area contributed by atoms with Gasteiger partial charge >= 0.3 is 11.9 Å². The number of benzene rings is 1. The Bertz CT molecular complexity index is 797. The fourth-order valence-corrected chi connectivity index (χ4v) is 2.70. The Balaban J connectivity index is 3.07. The SMILES string of the molecule is [2H]N(C(=O)C(C)(C)c1ccc(Cl)cc1)[C@H](C(=O)N[C@@H](CCC(=O)O)C(=O)O)C(C)C. The Morgan fingerprint density at radius 2 is 1.69 bits per heavy atom. The van der Waals surface area contributed by atoms with Gasteiger partial charge in [-0.25, -0.2) is 4.79 Å². The van der Waals surface area contributed by atoms with Crippen LogP contribution in [0.2, 0.25) is 6.43 Å². The van der Waals surface area contributed by atoms with E-state index >= 15 is 0 Å². The number of hydrogen-bond donors (Lipinski definition) is 4. The first-order chi connectivity index (χ1) is 13.8. The highest BCUT2D eigenvalue weighted by atomic mass is 35.5. The molecule has 0 heterocycles. The van der Waals surface area contributed by atoms with Crippen molar-refractivity contribution < 1.29 is 30.8 Å². The Labute approximate surface area is 176 Å². The van der Waals surface area contributed by atoms with Crippen molar-refractivity contribution in [2.24, 2.45) is 5.92 Å². The molecule has 0 radical (unpaired) electrons. The second-order valence-electron chi connectivity index (χ2n) is 7.59. The zero-order chi connectivity index (χ0) is 23.2. The maximum atomic E-state index is 13.1. The zero-order valence-corrected chi connectivity index (χ0v) is 17.6. The number of carboxylic acids is 2. The van der Waals surface area contributed by atoms with Crippen LogP contribution in [-0.4, -0.2) is 46.0 Å². The lowest BCUT2D eigenvalue weighted by molar-refractivity contribution is -0.143. The average molecular weight is 428 g/mol. The molecule has 2 amide bonds. The van der Waals surface area contributed by atoms with E-state index in [1.54, 1.807) is 52.0 Å². The highest BCUT2D eigenvalue weighted by Crippen LogP contribution is 2.25. The molecule has 0 fully saturated rings. The van der Waals surface area contributed by atoms with Crippen molar-refractivity contribution in [1.82, 2.24) is 10.6 Å². The standard InChI is InChI=1S/C20H27ClN2O6/c1-11(2)16(17(26)22-14(18(27)28)9-10-15(24)25)23-19(29)20(3,4)12-5-7-13(21)8-6-12/h5-8,11,14,16H,9-10H2,1-4H3,(H,22,26)(H,23,29)(H,24,25)(H,27,28)/t14-,16-/m0/s1/i/hD. The van der Waals surface area contributed by atoms with Gasteiger partial charge in [-0.1, -0.05) is 37.6 Å². The minimum absolute atomic E-state index is 0.316. The molecule has 0 unspecified atom stereocenters. The van der Waals surface area contributed by atoms with E-state index < -0.39 is 53.6 Å². The van der Waals surface area contributed by atoms with Crippen molar-refractivity contribution in [2.45, 2.75) is 58.0 Å². The number of nitrogens with one attached hydrogen (secondary N) is 2. The summed E-state index contributed by atoms with van der Waals surface area (Å²) in [5, 5.41) is 21.3. The third-order valence-corrected chi connectivity index (χ3v) is 4.77. The second-order valence-corrected chi connectivity index (χ2v) is 8.02. The van der Waals surface area contributed by atoms with E-state index in [9.17, 15) is 24.3 Å². The van der Waals surface area contributed by atoms with Crippen LogP contribution in [0.25, 0.3) is 0 Å². The minimum Gasteiger partial charge on any atom is -0.481 e. The molecule has 160 valence electrons. The highest BCUT2D eigenvalue weighted by molar-refractivity contribution is 6.30. The maximum absolute atomic E-state index is 13.1. The van der Waals surface area contributed by atoms with Crippen molar-refractivity contribution >= 4 is 35.4 Å². The van der Waals surface area contributed by atoms with Gasteiger partial charge in [0, 0.05) is 11.4 Å². The van der Waals surface area contributed by atoms with E-state index in [2.05, 4.69) is 5.32 Å². The molecule has 9 heteroatoms. The van der Waals surface area contributed by atoms with Crippen LogP contribution in [0.1, 0.15) is 46.1 Å². The molecule has 0 aliphatic heterocycles. The van der Waals surface area contributed by atoms with E-state index in [4.69, 9.17) is 18.1 Å². The van der Waals surface area contributed by atoms with Gasteiger partial charge in [0.05, 0.1) is 5.41 Å². The maximum Gasteiger partial charge on any atom is 0.326 e. The zero-order valence-electron chi connectivity index (χ0n) is 17.8. The lowest BCUT2D eigenvalue weighted by Gasteiger charge is -2.29. The first kappa shape index (κ1) is 22.7. The van der Waals surface area contributed by atoms with Gasteiger partial charge in [0.25, 0.3) is 0 Å². The largest absolute Gasteiger partial charge is 0.481 e. The monoisotopic (exact) mass is 427 g/mol. The predicted molar refractivity (Wildman–Crippen MR) is 108 cm³/mol. The molecule has 4 N–H and O–H groups in total. The van der Waals surface area contributed by atoms with Crippen molar-refractivity contribution in [2.75, 3.05) is 0 Å². The number of aliphatic carboxylic acids is 2. The summed E-state index contributed by atoms with van der Waals surface area (Å²) in [6.07, 6.45) is -0.764. The first-order valence-electron chi connectivity index (χ1n) is 9.57. The van der Waals surface area contributed by atoms with Gasteiger partial charge < -0.3 is 20.8 Å². The van der Waals surface area contributed by atoms with Crippen LogP contribution in [0.3, 0.4) is 0 Å². The van der Waals surface area contributed by atoms with Gasteiger partial charge in [-0.2, -0.15) is 0 Å². The molecule has 0 bridgehead atoms. The van der Waals surface area contributed by atoms with E-state index in [-0.39, 0.29) is 6.42 Å². The van der Waals surface area contributed by atoms with Crippen LogP contribution in [0, 0.1) is 5.92 Å². The fourth-order valence-electron chi connectivity index (χ4n) is 2.57. The summed E-state index contributed by atoms with van der Waals surface area (Å²) in [5.41, 5.74) is -0.545. The summed E-state index contributed by atoms with van der Waals surface area (Å²) in [5.74, 6) is -4.58. The van der Waals surface area contributed by atoms with Crippen molar-refractivity contribution in [3.05, 3.63) is 34.9 Å². The highest BCUT2D eigenvalue weighted by Gasteiger charge is 2.35. The number of halogens is 1. The number of carboxylic acid groups (broad SMARTS) is 2. The molecule has 0 spiro atoms. The molecule has 1 aromatic rings. The summed E-state index contributed by atoms with van der Waals surface area (Å²) in [6, 6.07) is 3.84. The molecule has 29 heavy (non-hydrogen) atoms. The Hall–Kier alpha value is -2.61. The third-order valence-electron chi connectivity index (χ3n) is 4.52. The number of carbonyl (C=O) groups is 4. The average Bonchev–Trinajstić information content (AvgIpc) is 2.64. The molecule has 1 aromatic carbocycles. The summed E-state index contributed by atoms with van der Waals surface area (Å²) in [4.78, 5) is 47.9. The van der Waals surface area contributed by atoms with Crippen LogP contribution in [0.5, 0.6) is 0 Å². The van der Waals surface area contributed by atoms with Gasteiger partial charge in [0.2, 0.25) is 11.8 Å². The minimum atomic E-state index is -1.44. The van der Waals surface area contributed by atoms with E-state index in [1.807, 2.05) is 0 Å². The van der Waals surface area contributed by atoms with Gasteiger partial charge in [-0.3, -0.25) is 14.4 Å². The number of hydrogen-bond acceptors (Lipinski definition) is 4. The molecule has 1 rings (SSSR count). The molecular formula is C20H27ClN2O6. The Morgan fingerprint density at radius 3 is 2.14 bits per heavy atom. The molecule has 0 saturated carbocycles. The number of carbonyl (C=O) groups excluding carboxylic acids is 2. The Morgan fingerprint density at radius 1 is 1.14 bits per heavy atom. The lowest BCUT2D eigenvalue weighted by Crippen LogP contribution is -2.56. The topological polar surface area (TPSA) is 133 Å². The number of amides is 2. The van der Waals surface area contributed by atoms with Crippen LogP contribution in [0.15, 0.2) is 24.3 Å². The lowest BCUT2D eigenvalue weighted by atomic mass is 9.83. The van der Waals surface area contributed by atoms with E-state index in [0.29, 0.717) is 15.9 Å². The van der Waals surface area contributed by atoms with Gasteiger partial charge in [0.15, 0.2) is 1.41 Å². The summed E-state index contributed by atoms with van der Waals surface area (Å²) >= 11 is 5.89. The molecule has 0 aliphatic carbocycles. The van der Waals surface area contributed by atoms with Crippen LogP contribution in [-0.2, 0) is 24.6 Å². The molecule has 0 aromatic heterocycles. The normalized spacial score (nSPS) is 13.9. The van der Waals surface area contributed by atoms with Crippen molar-refractivity contribution in [3.8, 4) is 0 Å². The second kappa shape index (κ2) is 10.2. The molecule has 0 aliphatic rings. The molecule has 8 nitrogen and oxygen atoms in total. The molecule has 2 atom stereocenters. The smallest absolute Gasteiger partial charge is 0.326 e. The van der Waals surface area contributed by atoms with Gasteiger partial charge in [0.1, 0.15) is 12.1 Å². The molecular weight excluding hydrogens is 400 g/mol. The van der Waals surface area contributed by atoms with Crippen molar-refractivity contribution in [3.63, 3.8) is 0 Å². The summed E-state index contributed by atoms with van der Waals surface area (Å²) < 4.78 is 8.32. The van der Waals surface area contributed by atoms with E-state index in [1.165, 1.54) is 0 Å². The van der Waals surface area contributed by atoms with Crippen LogP contribution in [0.4, 0.5) is 0 Å². The first-order valence-corrected chi connectivity index (χ1v) is 9.50. The third kappa shape index (κ3) is 7.05. The van der Waals surface area contributed by atoms with Crippen molar-refractivity contribution in [1.29, 1.82) is 0 Å². The number of rotatable bonds is 10. The van der Waals surface area contributed by atoms with Gasteiger partial charge in [-0.15, -0.1) is 0 Å². The summed E-state index contributed by atoms with van der Waals surface area (Å²) in [6.45, 7) is 6.48. The van der Waals surface area contributed by atoms with Crippen LogP contribution >= 0.6 is 11.6 Å². The predicted octanol–water partition coefficient (Wildman–Crippen LogP) is 2.19. The summed E-state index contributed by atoms with van der Waals surface area (Å²) in [7, 11) is 0. The van der Waals surface area contributed by atoms with Crippen LogP contribution < -0.4 is 10.6 Å². The van der Waals surface area contributed by atoms with E-state index in [0.717, 1.165) is 0 Å². The quantitative estimate of drug-likeness (QED) is 0.452. The fraction of sp³-hybridized carbons (Fsp3) is 0.500. The Kier molecular flexibility index (Phi) is 8.01.